The van der Waals surface area contributed by atoms with Gasteiger partial charge >= 0.3 is 0 Å². The molecule has 1 aliphatic heterocycles. The first-order valence-corrected chi connectivity index (χ1v) is 2.64. The third-order valence-electron chi connectivity index (χ3n) is 1.42. The van der Waals surface area contributed by atoms with Crippen molar-refractivity contribution in [1.82, 2.24) is 0 Å². The van der Waals surface area contributed by atoms with Gasteiger partial charge < -0.3 is 10.5 Å². The average Bonchev–Trinajstić information content (AvgIpc) is 1.91. The summed E-state index contributed by atoms with van der Waals surface area (Å²) in [4.78, 5) is 0. The molecule has 0 amide bonds. The van der Waals surface area contributed by atoms with Crippen molar-refractivity contribution in [3.05, 3.63) is 0 Å². The van der Waals surface area contributed by atoms with Gasteiger partial charge in [-0.1, -0.05) is 6.92 Å². The van der Waals surface area contributed by atoms with Gasteiger partial charge in [-0.15, -0.1) is 12.4 Å². The van der Waals surface area contributed by atoms with Crippen LogP contribution >= 0.6 is 12.4 Å². The van der Waals surface area contributed by atoms with Crippen molar-refractivity contribution in [2.24, 2.45) is 11.7 Å². The summed E-state index contributed by atoms with van der Waals surface area (Å²) < 4.78 is 5.04. The second-order valence-electron chi connectivity index (χ2n) is 2.18. The van der Waals surface area contributed by atoms with E-state index in [9.17, 15) is 0 Å². The van der Waals surface area contributed by atoms with E-state index < -0.39 is 0 Å². The molecule has 0 unspecified atom stereocenters. The van der Waals surface area contributed by atoms with Crippen LogP contribution in [0.5, 0.6) is 0 Å². The Balaban J connectivity index is 0.000000490. The molecular formula is C5H12ClNO. The van der Waals surface area contributed by atoms with Crippen molar-refractivity contribution in [3.63, 3.8) is 0 Å². The van der Waals surface area contributed by atoms with Gasteiger partial charge in [0.2, 0.25) is 0 Å². The Bertz CT molecular complexity index is 61.4. The highest BCUT2D eigenvalue weighted by Crippen LogP contribution is 2.08. The molecule has 2 nitrogen and oxygen atoms in total. The fraction of sp³-hybridized carbons (Fsp3) is 1.00. The summed E-state index contributed by atoms with van der Waals surface area (Å²) in [6, 6.07) is 0.292. The van der Waals surface area contributed by atoms with Crippen LogP contribution in [-0.4, -0.2) is 19.3 Å². The molecule has 1 rings (SSSR count). The zero-order chi connectivity index (χ0) is 5.28. The second kappa shape index (κ2) is 3.28. The minimum atomic E-state index is 0. The Morgan fingerprint density at radius 3 is 2.25 bits per heavy atom. The van der Waals surface area contributed by atoms with Crippen molar-refractivity contribution >= 4 is 12.4 Å². The number of hydrogen-bond donors (Lipinski definition) is 1. The number of rotatable bonds is 0. The fourth-order valence-corrected chi connectivity index (χ4v) is 0.678. The van der Waals surface area contributed by atoms with E-state index in [2.05, 4.69) is 6.92 Å². The average molecular weight is 138 g/mol. The zero-order valence-corrected chi connectivity index (χ0v) is 5.78. The lowest BCUT2D eigenvalue weighted by molar-refractivity contribution is 0.186. The van der Waals surface area contributed by atoms with E-state index >= 15 is 0 Å². The summed E-state index contributed by atoms with van der Waals surface area (Å²) in [6.45, 7) is 3.71. The molecule has 0 saturated carbocycles. The Kier molecular flexibility index (Phi) is 3.36. The normalized spacial score (nSPS) is 36.8. The third kappa shape index (κ3) is 1.62. The topological polar surface area (TPSA) is 35.2 Å². The maximum absolute atomic E-state index is 5.55. The van der Waals surface area contributed by atoms with Crippen LogP contribution in [-0.2, 0) is 4.74 Å². The summed E-state index contributed by atoms with van der Waals surface area (Å²) in [7, 11) is 0. The van der Waals surface area contributed by atoms with Crippen molar-refractivity contribution < 1.29 is 4.74 Å². The molecule has 0 aromatic rings. The van der Waals surface area contributed by atoms with Crippen LogP contribution in [0.1, 0.15) is 6.92 Å². The summed E-state index contributed by atoms with van der Waals surface area (Å²) in [5.74, 6) is 0.569. The van der Waals surface area contributed by atoms with Crippen LogP contribution in [0.3, 0.4) is 0 Å². The predicted octanol–water partition coefficient (Wildman–Crippen LogP) is 0.402. The highest BCUT2D eigenvalue weighted by Gasteiger charge is 2.18. The summed E-state index contributed by atoms with van der Waals surface area (Å²) in [5, 5.41) is 0. The molecule has 1 saturated heterocycles. The van der Waals surface area contributed by atoms with Gasteiger partial charge in [-0.25, -0.2) is 0 Å². The van der Waals surface area contributed by atoms with Crippen LogP contribution in [0, 0.1) is 5.92 Å². The molecule has 3 heteroatoms. The van der Waals surface area contributed by atoms with Gasteiger partial charge in [0, 0.05) is 6.04 Å². The number of halogens is 1. The van der Waals surface area contributed by atoms with E-state index in [1.165, 1.54) is 0 Å². The van der Waals surface area contributed by atoms with Crippen LogP contribution in [0.25, 0.3) is 0 Å². The quantitative estimate of drug-likeness (QED) is 0.525. The Hall–Kier alpha value is 0.210. The molecule has 1 heterocycles. The summed E-state index contributed by atoms with van der Waals surface area (Å²) >= 11 is 0. The zero-order valence-electron chi connectivity index (χ0n) is 4.96. The van der Waals surface area contributed by atoms with Crippen molar-refractivity contribution in [2.45, 2.75) is 13.0 Å². The van der Waals surface area contributed by atoms with Gasteiger partial charge in [-0.2, -0.15) is 0 Å². The molecule has 0 radical (unpaired) electrons. The maximum atomic E-state index is 5.55. The first kappa shape index (κ1) is 8.21. The number of nitrogens with two attached hydrogens (primary N) is 1. The smallest absolute Gasteiger partial charge is 0.0621 e. The Labute approximate surface area is 55.8 Å². The lowest BCUT2D eigenvalue weighted by atomic mass is 10.1. The molecule has 50 valence electrons. The molecule has 2 N–H and O–H groups in total. The highest BCUT2D eigenvalue weighted by atomic mass is 35.5. The Morgan fingerprint density at radius 2 is 2.12 bits per heavy atom. The van der Waals surface area contributed by atoms with E-state index in [0.29, 0.717) is 12.0 Å². The van der Waals surface area contributed by atoms with Gasteiger partial charge in [0.05, 0.1) is 13.2 Å². The Morgan fingerprint density at radius 1 is 1.50 bits per heavy atom. The van der Waals surface area contributed by atoms with Crippen LogP contribution in [0.2, 0.25) is 0 Å². The molecule has 1 aliphatic rings. The minimum absolute atomic E-state index is 0. The maximum Gasteiger partial charge on any atom is 0.0621 e. The molecule has 2 atom stereocenters. The van der Waals surface area contributed by atoms with Gasteiger partial charge in [0.25, 0.3) is 0 Å². The van der Waals surface area contributed by atoms with Crippen molar-refractivity contribution in [2.75, 3.05) is 13.2 Å². The molecule has 0 spiro atoms. The van der Waals surface area contributed by atoms with Crippen LogP contribution < -0.4 is 5.73 Å². The molecular weight excluding hydrogens is 126 g/mol. The molecule has 1 fully saturated rings. The van der Waals surface area contributed by atoms with E-state index in [1.54, 1.807) is 0 Å². The van der Waals surface area contributed by atoms with Gasteiger partial charge in [-0.3, -0.25) is 0 Å². The second-order valence-corrected chi connectivity index (χ2v) is 2.18. The molecule has 8 heavy (non-hydrogen) atoms. The standard InChI is InChI=1S/C5H11NO.ClH/c1-4-2-7-3-5(4)6;/h4-5H,2-3,6H2,1H3;1H/t4-,5-;/m1./s1. The van der Waals surface area contributed by atoms with E-state index in [0.717, 1.165) is 13.2 Å². The fourth-order valence-electron chi connectivity index (χ4n) is 0.678. The van der Waals surface area contributed by atoms with E-state index in [-0.39, 0.29) is 12.4 Å². The SMILES string of the molecule is C[C@@H]1COC[C@H]1N.Cl. The van der Waals surface area contributed by atoms with Crippen molar-refractivity contribution in [1.29, 1.82) is 0 Å². The van der Waals surface area contributed by atoms with Crippen LogP contribution in [0.4, 0.5) is 0 Å². The monoisotopic (exact) mass is 137 g/mol. The molecule has 0 bridgehead atoms. The van der Waals surface area contributed by atoms with Gasteiger partial charge in [0.1, 0.15) is 0 Å². The van der Waals surface area contributed by atoms with Crippen LogP contribution in [0.15, 0.2) is 0 Å². The lowest BCUT2D eigenvalue weighted by Gasteiger charge is -2.02. The minimum Gasteiger partial charge on any atom is -0.379 e. The first-order valence-electron chi connectivity index (χ1n) is 2.64. The molecule has 0 aliphatic carbocycles. The highest BCUT2D eigenvalue weighted by molar-refractivity contribution is 5.85. The molecule has 0 aromatic heterocycles. The first-order chi connectivity index (χ1) is 3.30. The number of hydrogen-bond acceptors (Lipinski definition) is 2. The third-order valence-corrected chi connectivity index (χ3v) is 1.42. The largest absolute Gasteiger partial charge is 0.379 e. The van der Waals surface area contributed by atoms with Crippen molar-refractivity contribution in [3.8, 4) is 0 Å². The van der Waals surface area contributed by atoms with E-state index in [4.69, 9.17) is 10.5 Å². The predicted molar refractivity (Wildman–Crippen MR) is 35.2 cm³/mol. The summed E-state index contributed by atoms with van der Waals surface area (Å²) in [5.41, 5.74) is 5.55. The van der Waals surface area contributed by atoms with E-state index in [1.807, 2.05) is 0 Å². The summed E-state index contributed by atoms with van der Waals surface area (Å²) in [6.07, 6.45) is 0. The lowest BCUT2D eigenvalue weighted by Crippen LogP contribution is -2.25. The number of ether oxygens (including phenoxy) is 1. The van der Waals surface area contributed by atoms with Gasteiger partial charge in [0.15, 0.2) is 0 Å². The molecule has 0 aromatic carbocycles. The van der Waals surface area contributed by atoms with Gasteiger partial charge in [-0.05, 0) is 5.92 Å².